The van der Waals surface area contributed by atoms with Crippen LogP contribution in [0.1, 0.15) is 106 Å². The van der Waals surface area contributed by atoms with Crippen molar-refractivity contribution in [3.63, 3.8) is 0 Å². The maximum Gasteiger partial charge on any atom is 0.312 e. The van der Waals surface area contributed by atoms with Crippen LogP contribution in [0.15, 0.2) is 11.6 Å². The zero-order chi connectivity index (χ0) is 24.2. The summed E-state index contributed by atoms with van der Waals surface area (Å²) >= 11 is 0. The molecule has 4 fully saturated rings. The Morgan fingerprint density at radius 1 is 0.909 bits per heavy atom. The summed E-state index contributed by atoms with van der Waals surface area (Å²) < 4.78 is 0. The van der Waals surface area contributed by atoms with Gasteiger partial charge in [0.15, 0.2) is 0 Å². The number of fused-ring (bicyclic) bond motifs is 7. The Hall–Kier alpha value is -0.830. The van der Waals surface area contributed by atoms with Crippen molar-refractivity contribution < 1.29 is 15.0 Å². The number of carboxylic acid groups (broad SMARTS) is 1. The third-order valence-electron chi connectivity index (χ3n) is 13.5. The van der Waals surface area contributed by atoms with Crippen LogP contribution in [0.2, 0.25) is 0 Å². The molecule has 186 valence electrons. The van der Waals surface area contributed by atoms with Crippen molar-refractivity contribution in [2.24, 2.45) is 56.7 Å². The van der Waals surface area contributed by atoms with E-state index < -0.39 is 17.5 Å². The van der Waals surface area contributed by atoms with Gasteiger partial charge in [0.25, 0.3) is 0 Å². The molecule has 5 aliphatic rings. The van der Waals surface area contributed by atoms with E-state index in [2.05, 4.69) is 47.6 Å². The molecule has 5 aliphatic carbocycles. The molecule has 33 heavy (non-hydrogen) atoms. The second-order valence-electron chi connectivity index (χ2n) is 14.4. The van der Waals surface area contributed by atoms with Gasteiger partial charge < -0.3 is 10.2 Å². The Morgan fingerprint density at radius 2 is 1.61 bits per heavy atom. The smallest absolute Gasteiger partial charge is 0.312 e. The zero-order valence-electron chi connectivity index (χ0n) is 22.2. The van der Waals surface area contributed by atoms with Crippen LogP contribution in [0.4, 0.5) is 0 Å². The highest BCUT2D eigenvalue weighted by Gasteiger charge is 2.69. The minimum absolute atomic E-state index is 0.0311. The molecule has 3 heteroatoms. The van der Waals surface area contributed by atoms with Crippen LogP contribution >= 0.6 is 0 Å². The molecule has 0 unspecified atom stereocenters. The van der Waals surface area contributed by atoms with Crippen molar-refractivity contribution in [3.05, 3.63) is 11.6 Å². The van der Waals surface area contributed by atoms with Crippen LogP contribution in [-0.4, -0.2) is 22.3 Å². The summed E-state index contributed by atoms with van der Waals surface area (Å²) in [6, 6.07) is 0. The molecule has 0 aliphatic heterocycles. The molecule has 0 saturated heterocycles. The highest BCUT2D eigenvalue weighted by atomic mass is 16.4. The first-order valence-corrected chi connectivity index (χ1v) is 13.9. The van der Waals surface area contributed by atoms with E-state index in [4.69, 9.17) is 0 Å². The lowest BCUT2D eigenvalue weighted by molar-refractivity contribution is -0.217. The molecule has 4 saturated carbocycles. The number of aliphatic carboxylic acids is 1. The Kier molecular flexibility index (Phi) is 5.15. The first kappa shape index (κ1) is 23.9. The Labute approximate surface area is 201 Å². The molecule has 3 nitrogen and oxygen atoms in total. The SMILES string of the molecule is C[C@@H]1[C@@H](C)CC[C@@]2(C)CC[C@@]3(C)C(=CC[C@H]4[C@]5(C)CC[C@H](O)[C@@](C)(C(=O)O)[C@H]5CC[C@@]43C)[C@@H]12. The van der Waals surface area contributed by atoms with E-state index in [9.17, 15) is 15.0 Å². The first-order chi connectivity index (χ1) is 15.3. The summed E-state index contributed by atoms with van der Waals surface area (Å²) in [6.45, 7) is 17.0. The van der Waals surface area contributed by atoms with Crippen LogP contribution in [0.5, 0.6) is 0 Å². The van der Waals surface area contributed by atoms with Gasteiger partial charge in [-0.1, -0.05) is 53.2 Å². The fourth-order valence-corrected chi connectivity index (χ4v) is 10.8. The third kappa shape index (κ3) is 2.75. The summed E-state index contributed by atoms with van der Waals surface area (Å²) in [7, 11) is 0. The highest BCUT2D eigenvalue weighted by molar-refractivity contribution is 5.76. The number of hydrogen-bond acceptors (Lipinski definition) is 2. The van der Waals surface area contributed by atoms with Crippen molar-refractivity contribution >= 4 is 5.97 Å². The first-order valence-electron chi connectivity index (χ1n) is 13.9. The topological polar surface area (TPSA) is 57.5 Å². The molecule has 0 amide bonds. The molecule has 11 atom stereocenters. The normalized spacial score (nSPS) is 58.2. The number of carbonyl (C=O) groups is 1. The lowest BCUT2D eigenvalue weighted by Crippen LogP contribution is -2.66. The van der Waals surface area contributed by atoms with Crippen LogP contribution in [0.3, 0.4) is 0 Å². The summed E-state index contributed by atoms with van der Waals surface area (Å²) in [5, 5.41) is 21.1. The molecule has 2 N–H and O–H groups in total. The van der Waals surface area contributed by atoms with Gasteiger partial charge in [-0.3, -0.25) is 4.79 Å². The molecule has 0 bridgehead atoms. The third-order valence-corrected chi connectivity index (χ3v) is 13.5. The van der Waals surface area contributed by atoms with Crippen molar-refractivity contribution in [2.75, 3.05) is 0 Å². The van der Waals surface area contributed by atoms with E-state index in [1.807, 2.05) is 6.92 Å². The Balaban J connectivity index is 1.60. The van der Waals surface area contributed by atoms with Crippen molar-refractivity contribution in [1.82, 2.24) is 0 Å². The highest BCUT2D eigenvalue weighted by Crippen LogP contribution is 2.75. The summed E-state index contributed by atoms with van der Waals surface area (Å²) in [4.78, 5) is 12.5. The van der Waals surface area contributed by atoms with Gasteiger partial charge in [0.2, 0.25) is 0 Å². The Morgan fingerprint density at radius 3 is 2.27 bits per heavy atom. The number of aliphatic hydroxyl groups is 1. The second kappa shape index (κ2) is 7.11. The number of carboxylic acids is 1. The average molecular weight is 457 g/mol. The predicted molar refractivity (Wildman–Crippen MR) is 133 cm³/mol. The monoisotopic (exact) mass is 456 g/mol. The van der Waals surface area contributed by atoms with Gasteiger partial charge in [-0.05, 0) is 116 Å². The van der Waals surface area contributed by atoms with Gasteiger partial charge in [-0.2, -0.15) is 0 Å². The van der Waals surface area contributed by atoms with Gasteiger partial charge >= 0.3 is 5.97 Å². The van der Waals surface area contributed by atoms with E-state index in [1.54, 1.807) is 5.57 Å². The minimum atomic E-state index is -1.03. The lowest BCUT2D eigenvalue weighted by atomic mass is 9.33. The summed E-state index contributed by atoms with van der Waals surface area (Å²) in [5.41, 5.74) is 1.56. The van der Waals surface area contributed by atoms with Crippen LogP contribution in [0, 0.1) is 56.7 Å². The largest absolute Gasteiger partial charge is 0.481 e. The molecule has 0 aromatic rings. The van der Waals surface area contributed by atoms with Gasteiger partial charge in [0, 0.05) is 0 Å². The molecule has 0 heterocycles. The number of aliphatic hydroxyl groups excluding tert-OH is 1. The Bertz CT molecular complexity index is 878. The second-order valence-corrected chi connectivity index (χ2v) is 14.4. The average Bonchev–Trinajstić information content (AvgIpc) is 2.75. The molecular weight excluding hydrogens is 408 g/mol. The molecular formula is C30H48O3. The minimum Gasteiger partial charge on any atom is -0.481 e. The maximum atomic E-state index is 12.5. The molecule has 0 radical (unpaired) electrons. The molecule has 0 aromatic carbocycles. The van der Waals surface area contributed by atoms with Crippen LogP contribution in [-0.2, 0) is 4.79 Å². The van der Waals surface area contributed by atoms with Gasteiger partial charge in [0.1, 0.15) is 0 Å². The molecule has 0 aromatic heterocycles. The fraction of sp³-hybridized carbons (Fsp3) is 0.900. The number of hydrogen-bond donors (Lipinski definition) is 2. The summed E-state index contributed by atoms with van der Waals surface area (Å²) in [5.74, 6) is 1.96. The standard InChI is InChI=1S/C30H48O3/c1-18-10-13-26(3)16-17-28(5)20(24(26)19(18)2)8-9-21-27(4)14-12-23(31)30(7,25(32)33)22(27)11-15-29(21,28)6/h8,18-19,21-24,31H,9-17H2,1-7H3,(H,32,33)/t18-,19+,21-,22-,23-,24+,26-,27-,28-,29-,30-/m0/s1. The summed E-state index contributed by atoms with van der Waals surface area (Å²) in [6.07, 6.45) is 12.0. The van der Waals surface area contributed by atoms with E-state index in [1.165, 1.54) is 25.7 Å². The lowest BCUT2D eigenvalue weighted by Gasteiger charge is -2.71. The van der Waals surface area contributed by atoms with Gasteiger partial charge in [-0.25, -0.2) is 0 Å². The van der Waals surface area contributed by atoms with Gasteiger partial charge in [0.05, 0.1) is 11.5 Å². The van der Waals surface area contributed by atoms with Crippen molar-refractivity contribution in [3.8, 4) is 0 Å². The quantitative estimate of drug-likeness (QED) is 0.414. The van der Waals surface area contributed by atoms with Crippen molar-refractivity contribution in [2.45, 2.75) is 112 Å². The van der Waals surface area contributed by atoms with E-state index in [0.29, 0.717) is 23.7 Å². The number of allylic oxidation sites excluding steroid dienone is 2. The molecule has 5 rings (SSSR count). The van der Waals surface area contributed by atoms with Gasteiger partial charge in [-0.15, -0.1) is 0 Å². The molecule has 0 spiro atoms. The maximum absolute atomic E-state index is 12.5. The van der Waals surface area contributed by atoms with Crippen LogP contribution in [0.25, 0.3) is 0 Å². The van der Waals surface area contributed by atoms with E-state index >= 15 is 0 Å². The number of rotatable bonds is 1. The van der Waals surface area contributed by atoms with Crippen molar-refractivity contribution in [1.29, 1.82) is 0 Å². The fourth-order valence-electron chi connectivity index (χ4n) is 10.8. The zero-order valence-corrected chi connectivity index (χ0v) is 22.2. The van der Waals surface area contributed by atoms with E-state index in [-0.39, 0.29) is 22.2 Å². The predicted octanol–water partition coefficient (Wildman–Crippen LogP) is 7.09. The van der Waals surface area contributed by atoms with Crippen LogP contribution < -0.4 is 0 Å². The van der Waals surface area contributed by atoms with E-state index in [0.717, 1.165) is 37.5 Å².